The molecular formula is C17H19N3O. The highest BCUT2D eigenvalue weighted by Gasteiger charge is 2.05. The van der Waals surface area contributed by atoms with E-state index in [0.29, 0.717) is 6.54 Å². The zero-order valence-electron chi connectivity index (χ0n) is 12.1. The van der Waals surface area contributed by atoms with Crippen molar-refractivity contribution in [3.63, 3.8) is 0 Å². The number of imidazole rings is 1. The molecule has 0 saturated heterocycles. The average molecular weight is 281 g/mol. The van der Waals surface area contributed by atoms with Crippen molar-refractivity contribution in [3.05, 3.63) is 59.9 Å². The Morgan fingerprint density at radius 2 is 1.95 bits per heavy atom. The van der Waals surface area contributed by atoms with Gasteiger partial charge in [0.2, 0.25) is 0 Å². The van der Waals surface area contributed by atoms with Crippen LogP contribution < -0.4 is 5.73 Å². The van der Waals surface area contributed by atoms with Crippen molar-refractivity contribution >= 4 is 5.65 Å². The first-order valence-electron chi connectivity index (χ1n) is 7.06. The van der Waals surface area contributed by atoms with Gasteiger partial charge in [0, 0.05) is 31.6 Å². The van der Waals surface area contributed by atoms with Gasteiger partial charge in [-0.2, -0.15) is 0 Å². The Balaban J connectivity index is 1.89. The van der Waals surface area contributed by atoms with Crippen molar-refractivity contribution in [1.82, 2.24) is 9.38 Å². The molecule has 0 atom stereocenters. The standard InChI is InChI=1S/C17H19N3O/c1-21-9-7-13-2-4-15(5-3-13)16-12-20-8-6-14(11-18)10-17(20)19-16/h2-6,8,10,12H,7,9,11,18H2,1H3. The monoisotopic (exact) mass is 281 g/mol. The predicted octanol–water partition coefficient (Wildman–Crippen LogP) is 2.65. The molecule has 21 heavy (non-hydrogen) atoms. The topological polar surface area (TPSA) is 52.5 Å². The number of ether oxygens (including phenoxy) is 1. The minimum atomic E-state index is 0.535. The summed E-state index contributed by atoms with van der Waals surface area (Å²) in [4.78, 5) is 4.67. The fourth-order valence-corrected chi connectivity index (χ4v) is 2.35. The molecule has 2 aromatic heterocycles. The molecule has 0 aliphatic carbocycles. The lowest BCUT2D eigenvalue weighted by Crippen LogP contribution is -1.96. The van der Waals surface area contributed by atoms with Gasteiger partial charge in [0.1, 0.15) is 5.65 Å². The second-order valence-electron chi connectivity index (χ2n) is 5.07. The van der Waals surface area contributed by atoms with Crippen LogP contribution in [0.1, 0.15) is 11.1 Å². The van der Waals surface area contributed by atoms with Gasteiger partial charge in [-0.25, -0.2) is 4.98 Å². The van der Waals surface area contributed by atoms with E-state index in [-0.39, 0.29) is 0 Å². The van der Waals surface area contributed by atoms with Crippen molar-refractivity contribution in [1.29, 1.82) is 0 Å². The van der Waals surface area contributed by atoms with Gasteiger partial charge in [-0.1, -0.05) is 24.3 Å². The fourth-order valence-electron chi connectivity index (χ4n) is 2.35. The minimum absolute atomic E-state index is 0.535. The number of methoxy groups -OCH3 is 1. The maximum Gasteiger partial charge on any atom is 0.137 e. The number of hydrogen-bond donors (Lipinski definition) is 1. The molecule has 4 nitrogen and oxygen atoms in total. The van der Waals surface area contributed by atoms with E-state index >= 15 is 0 Å². The second-order valence-corrected chi connectivity index (χ2v) is 5.07. The van der Waals surface area contributed by atoms with Crippen LogP contribution in [0.4, 0.5) is 0 Å². The lowest BCUT2D eigenvalue weighted by molar-refractivity contribution is 0.202. The molecule has 0 radical (unpaired) electrons. The summed E-state index contributed by atoms with van der Waals surface area (Å²) in [6, 6.07) is 12.5. The van der Waals surface area contributed by atoms with Crippen LogP contribution in [-0.2, 0) is 17.7 Å². The summed E-state index contributed by atoms with van der Waals surface area (Å²) >= 11 is 0. The maximum atomic E-state index is 5.67. The summed E-state index contributed by atoms with van der Waals surface area (Å²) in [7, 11) is 1.72. The number of aromatic nitrogens is 2. The van der Waals surface area contributed by atoms with E-state index in [4.69, 9.17) is 10.5 Å². The Labute approximate surface area is 124 Å². The number of rotatable bonds is 5. The quantitative estimate of drug-likeness (QED) is 0.782. The Bertz CT molecular complexity index is 731. The third kappa shape index (κ3) is 2.96. The first-order valence-corrected chi connectivity index (χ1v) is 7.06. The van der Waals surface area contributed by atoms with Gasteiger partial charge >= 0.3 is 0 Å². The molecule has 0 fully saturated rings. The van der Waals surface area contributed by atoms with Crippen LogP contribution in [0.25, 0.3) is 16.9 Å². The third-order valence-corrected chi connectivity index (χ3v) is 3.60. The third-order valence-electron chi connectivity index (χ3n) is 3.60. The van der Waals surface area contributed by atoms with Gasteiger partial charge in [-0.15, -0.1) is 0 Å². The van der Waals surface area contributed by atoms with Crippen molar-refractivity contribution in [2.45, 2.75) is 13.0 Å². The molecule has 0 amide bonds. The summed E-state index contributed by atoms with van der Waals surface area (Å²) in [5, 5.41) is 0. The van der Waals surface area contributed by atoms with Crippen LogP contribution in [0.5, 0.6) is 0 Å². The van der Waals surface area contributed by atoms with Gasteiger partial charge in [0.05, 0.1) is 12.3 Å². The second kappa shape index (κ2) is 6.08. The highest BCUT2D eigenvalue weighted by Crippen LogP contribution is 2.20. The first kappa shape index (κ1) is 13.8. The van der Waals surface area contributed by atoms with Crippen LogP contribution in [-0.4, -0.2) is 23.1 Å². The molecular weight excluding hydrogens is 262 g/mol. The molecule has 0 bridgehead atoms. The molecule has 3 rings (SSSR count). The molecule has 0 unspecified atom stereocenters. The van der Waals surface area contributed by atoms with Crippen LogP contribution in [0.2, 0.25) is 0 Å². The maximum absolute atomic E-state index is 5.67. The molecule has 1 aromatic carbocycles. The van der Waals surface area contributed by atoms with E-state index in [9.17, 15) is 0 Å². The Hall–Kier alpha value is -2.17. The number of benzene rings is 1. The van der Waals surface area contributed by atoms with Crippen molar-refractivity contribution in [3.8, 4) is 11.3 Å². The van der Waals surface area contributed by atoms with E-state index < -0.39 is 0 Å². The zero-order valence-corrected chi connectivity index (χ0v) is 12.1. The molecule has 2 N–H and O–H groups in total. The van der Waals surface area contributed by atoms with Crippen molar-refractivity contribution in [2.24, 2.45) is 5.73 Å². The van der Waals surface area contributed by atoms with Crippen LogP contribution in [0.3, 0.4) is 0 Å². The minimum Gasteiger partial charge on any atom is -0.384 e. The van der Waals surface area contributed by atoms with E-state index in [1.165, 1.54) is 5.56 Å². The summed E-state index contributed by atoms with van der Waals surface area (Å²) in [5.41, 5.74) is 11.1. The van der Waals surface area contributed by atoms with Gasteiger partial charge in [-0.3, -0.25) is 0 Å². The molecule has 0 spiro atoms. The number of nitrogens with zero attached hydrogens (tertiary/aromatic N) is 2. The van der Waals surface area contributed by atoms with Gasteiger partial charge in [0.25, 0.3) is 0 Å². The number of fused-ring (bicyclic) bond motifs is 1. The lowest BCUT2D eigenvalue weighted by Gasteiger charge is -2.01. The number of pyridine rings is 1. The molecule has 0 aliphatic heterocycles. The largest absolute Gasteiger partial charge is 0.384 e. The Kier molecular flexibility index (Phi) is 3.99. The number of nitrogens with two attached hydrogens (primary N) is 1. The van der Waals surface area contributed by atoms with Crippen LogP contribution in [0, 0.1) is 0 Å². The molecule has 4 heteroatoms. The molecule has 0 aliphatic rings. The normalized spacial score (nSPS) is 11.1. The first-order chi connectivity index (χ1) is 10.3. The highest BCUT2D eigenvalue weighted by atomic mass is 16.5. The van der Waals surface area contributed by atoms with E-state index in [1.54, 1.807) is 7.11 Å². The predicted molar refractivity (Wildman–Crippen MR) is 84.1 cm³/mol. The zero-order chi connectivity index (χ0) is 14.7. The molecule has 3 aromatic rings. The average Bonchev–Trinajstić information content (AvgIpc) is 2.96. The van der Waals surface area contributed by atoms with E-state index in [1.807, 2.05) is 28.9 Å². The Morgan fingerprint density at radius 1 is 1.14 bits per heavy atom. The van der Waals surface area contributed by atoms with Gasteiger partial charge in [-0.05, 0) is 29.7 Å². The summed E-state index contributed by atoms with van der Waals surface area (Å²) in [6.07, 6.45) is 4.97. The molecule has 0 saturated carbocycles. The van der Waals surface area contributed by atoms with Gasteiger partial charge < -0.3 is 14.9 Å². The number of hydrogen-bond acceptors (Lipinski definition) is 3. The van der Waals surface area contributed by atoms with Crippen molar-refractivity contribution < 1.29 is 4.74 Å². The fraction of sp³-hybridized carbons (Fsp3) is 0.235. The Morgan fingerprint density at radius 3 is 2.67 bits per heavy atom. The van der Waals surface area contributed by atoms with Gasteiger partial charge in [0.15, 0.2) is 0 Å². The lowest BCUT2D eigenvalue weighted by atomic mass is 10.1. The summed E-state index contributed by atoms with van der Waals surface area (Å²) < 4.78 is 7.12. The smallest absolute Gasteiger partial charge is 0.137 e. The van der Waals surface area contributed by atoms with Crippen molar-refractivity contribution in [2.75, 3.05) is 13.7 Å². The van der Waals surface area contributed by atoms with E-state index in [0.717, 1.165) is 35.5 Å². The highest BCUT2D eigenvalue weighted by molar-refractivity contribution is 5.63. The van der Waals surface area contributed by atoms with Crippen LogP contribution >= 0.6 is 0 Å². The van der Waals surface area contributed by atoms with Crippen LogP contribution in [0.15, 0.2) is 48.8 Å². The summed E-state index contributed by atoms with van der Waals surface area (Å²) in [5.74, 6) is 0. The summed E-state index contributed by atoms with van der Waals surface area (Å²) in [6.45, 7) is 1.28. The molecule has 2 heterocycles. The SMILES string of the molecule is COCCc1ccc(-c2cn3ccc(CN)cc3n2)cc1. The van der Waals surface area contributed by atoms with E-state index in [2.05, 4.69) is 29.2 Å². The molecule has 108 valence electrons.